The zero-order chi connectivity index (χ0) is 21.4. The van der Waals surface area contributed by atoms with E-state index in [1.807, 2.05) is 31.2 Å². The minimum Gasteiger partial charge on any atom is -0.493 e. The van der Waals surface area contributed by atoms with Crippen LogP contribution < -0.4 is 14.8 Å². The Morgan fingerprint density at radius 1 is 1.03 bits per heavy atom. The summed E-state index contributed by atoms with van der Waals surface area (Å²) in [6.07, 6.45) is 0. The average molecular weight is 399 g/mol. The standard InChI is InChI=1S/C23H30N2O4/c1-16(2)15-29-20-12-11-19(13-21(20)28-5)17(3)24-22(26)14-25(4)23(27)18-9-7-6-8-10-18/h6-13,16-17H,14-15H2,1-5H3,(H,24,26). The molecule has 2 aromatic carbocycles. The highest BCUT2D eigenvalue weighted by atomic mass is 16.5. The van der Waals surface area contributed by atoms with Gasteiger partial charge in [0, 0.05) is 12.6 Å². The van der Waals surface area contributed by atoms with E-state index in [9.17, 15) is 9.59 Å². The summed E-state index contributed by atoms with van der Waals surface area (Å²) in [4.78, 5) is 26.2. The fourth-order valence-corrected chi connectivity index (χ4v) is 2.79. The predicted octanol–water partition coefficient (Wildman–Crippen LogP) is 3.68. The van der Waals surface area contributed by atoms with Crippen LogP contribution in [0.2, 0.25) is 0 Å². The van der Waals surface area contributed by atoms with Crippen LogP contribution in [0.4, 0.5) is 0 Å². The fourth-order valence-electron chi connectivity index (χ4n) is 2.79. The maximum atomic E-state index is 12.4. The van der Waals surface area contributed by atoms with Gasteiger partial charge in [0.25, 0.3) is 5.91 Å². The van der Waals surface area contributed by atoms with E-state index in [1.54, 1.807) is 38.4 Å². The number of methoxy groups -OCH3 is 1. The van der Waals surface area contributed by atoms with Crippen LogP contribution in [0.3, 0.4) is 0 Å². The van der Waals surface area contributed by atoms with Crippen molar-refractivity contribution >= 4 is 11.8 Å². The van der Waals surface area contributed by atoms with E-state index in [0.29, 0.717) is 29.6 Å². The van der Waals surface area contributed by atoms with E-state index in [-0.39, 0.29) is 24.4 Å². The van der Waals surface area contributed by atoms with Gasteiger partial charge in [-0.3, -0.25) is 9.59 Å². The summed E-state index contributed by atoms with van der Waals surface area (Å²) in [6.45, 7) is 6.63. The quantitative estimate of drug-likeness (QED) is 0.700. The van der Waals surface area contributed by atoms with Gasteiger partial charge in [-0.05, 0) is 42.7 Å². The van der Waals surface area contributed by atoms with Crippen LogP contribution in [-0.2, 0) is 4.79 Å². The van der Waals surface area contributed by atoms with Gasteiger partial charge in [0.1, 0.15) is 0 Å². The van der Waals surface area contributed by atoms with E-state index < -0.39 is 0 Å². The Labute approximate surface area is 172 Å². The number of benzene rings is 2. The monoisotopic (exact) mass is 398 g/mol. The van der Waals surface area contributed by atoms with E-state index >= 15 is 0 Å². The Hall–Kier alpha value is -3.02. The lowest BCUT2D eigenvalue weighted by atomic mass is 10.1. The molecule has 6 heteroatoms. The van der Waals surface area contributed by atoms with Crippen LogP contribution in [0.1, 0.15) is 42.7 Å². The molecule has 0 saturated carbocycles. The topological polar surface area (TPSA) is 67.9 Å². The van der Waals surface area contributed by atoms with Gasteiger partial charge in [0.15, 0.2) is 11.5 Å². The average Bonchev–Trinajstić information content (AvgIpc) is 2.71. The number of nitrogens with one attached hydrogen (secondary N) is 1. The first-order valence-corrected chi connectivity index (χ1v) is 9.72. The van der Waals surface area contributed by atoms with Crippen molar-refractivity contribution in [3.05, 3.63) is 59.7 Å². The number of amides is 2. The van der Waals surface area contributed by atoms with Gasteiger partial charge >= 0.3 is 0 Å². The Morgan fingerprint density at radius 2 is 1.72 bits per heavy atom. The first-order chi connectivity index (χ1) is 13.8. The van der Waals surface area contributed by atoms with Crippen LogP contribution in [-0.4, -0.2) is 44.0 Å². The minimum absolute atomic E-state index is 0.0230. The summed E-state index contributed by atoms with van der Waals surface area (Å²) in [5.41, 5.74) is 1.45. The van der Waals surface area contributed by atoms with Gasteiger partial charge in [0.2, 0.25) is 5.91 Å². The number of nitrogens with zero attached hydrogens (tertiary/aromatic N) is 1. The van der Waals surface area contributed by atoms with Crippen LogP contribution in [0.15, 0.2) is 48.5 Å². The molecule has 6 nitrogen and oxygen atoms in total. The van der Waals surface area contributed by atoms with Gasteiger partial charge < -0.3 is 19.7 Å². The molecule has 0 aliphatic rings. The Morgan fingerprint density at radius 3 is 2.34 bits per heavy atom. The van der Waals surface area contributed by atoms with Gasteiger partial charge in [-0.15, -0.1) is 0 Å². The molecule has 2 rings (SSSR count). The minimum atomic E-state index is -0.240. The molecular weight excluding hydrogens is 368 g/mol. The molecule has 0 aliphatic heterocycles. The Bertz CT molecular complexity index is 821. The molecule has 0 fully saturated rings. The summed E-state index contributed by atoms with van der Waals surface area (Å²) >= 11 is 0. The van der Waals surface area contributed by atoms with Crippen LogP contribution in [0, 0.1) is 5.92 Å². The smallest absolute Gasteiger partial charge is 0.254 e. The predicted molar refractivity (Wildman–Crippen MR) is 113 cm³/mol. The lowest BCUT2D eigenvalue weighted by Crippen LogP contribution is -2.39. The molecule has 29 heavy (non-hydrogen) atoms. The second kappa shape index (κ2) is 10.5. The molecule has 1 N–H and O–H groups in total. The molecule has 1 unspecified atom stereocenters. The molecule has 2 aromatic rings. The third-order valence-corrected chi connectivity index (χ3v) is 4.39. The summed E-state index contributed by atoms with van der Waals surface area (Å²) in [5, 5.41) is 2.93. The van der Waals surface area contributed by atoms with E-state index in [4.69, 9.17) is 9.47 Å². The van der Waals surface area contributed by atoms with E-state index in [1.165, 1.54) is 4.90 Å². The molecule has 1 atom stereocenters. The first kappa shape index (κ1) is 22.3. The molecule has 0 saturated heterocycles. The molecule has 0 spiro atoms. The van der Waals surface area contributed by atoms with Crippen LogP contribution in [0.5, 0.6) is 11.5 Å². The van der Waals surface area contributed by atoms with Crippen molar-refractivity contribution in [2.24, 2.45) is 5.92 Å². The molecule has 156 valence electrons. The lowest BCUT2D eigenvalue weighted by molar-refractivity contribution is -0.122. The highest BCUT2D eigenvalue weighted by Crippen LogP contribution is 2.30. The number of hydrogen-bond donors (Lipinski definition) is 1. The van der Waals surface area contributed by atoms with Gasteiger partial charge in [-0.2, -0.15) is 0 Å². The van der Waals surface area contributed by atoms with Gasteiger partial charge in [0.05, 0.1) is 26.3 Å². The van der Waals surface area contributed by atoms with Gasteiger partial charge in [-0.1, -0.05) is 38.1 Å². The summed E-state index contributed by atoms with van der Waals surface area (Å²) < 4.78 is 11.2. The number of hydrogen-bond acceptors (Lipinski definition) is 4. The largest absolute Gasteiger partial charge is 0.493 e. The van der Waals surface area contributed by atoms with Crippen molar-refractivity contribution in [1.82, 2.24) is 10.2 Å². The van der Waals surface area contributed by atoms with E-state index in [0.717, 1.165) is 5.56 Å². The summed E-state index contributed by atoms with van der Waals surface area (Å²) in [5.74, 6) is 1.29. The van der Waals surface area contributed by atoms with Crippen molar-refractivity contribution in [3.8, 4) is 11.5 Å². The second-order valence-electron chi connectivity index (χ2n) is 7.43. The molecule has 0 heterocycles. The zero-order valence-corrected chi connectivity index (χ0v) is 17.8. The third kappa shape index (κ3) is 6.52. The number of rotatable bonds is 9. The maximum Gasteiger partial charge on any atom is 0.254 e. The zero-order valence-electron chi connectivity index (χ0n) is 17.8. The molecule has 0 radical (unpaired) electrons. The van der Waals surface area contributed by atoms with Crippen molar-refractivity contribution in [1.29, 1.82) is 0 Å². The lowest BCUT2D eigenvalue weighted by Gasteiger charge is -2.20. The molecule has 0 bridgehead atoms. The molecular formula is C23H30N2O4. The van der Waals surface area contributed by atoms with Crippen LogP contribution in [0.25, 0.3) is 0 Å². The Kier molecular flexibility index (Phi) is 8.07. The maximum absolute atomic E-state index is 12.4. The summed E-state index contributed by atoms with van der Waals surface area (Å²) in [7, 11) is 3.21. The van der Waals surface area contributed by atoms with E-state index in [2.05, 4.69) is 19.2 Å². The summed E-state index contributed by atoms with van der Waals surface area (Å²) in [6, 6.07) is 14.3. The highest BCUT2D eigenvalue weighted by Gasteiger charge is 2.17. The second-order valence-corrected chi connectivity index (χ2v) is 7.43. The normalized spacial score (nSPS) is 11.7. The number of carbonyl (C=O) groups is 2. The Balaban J connectivity index is 1.97. The number of carbonyl (C=O) groups excluding carboxylic acids is 2. The fraction of sp³-hybridized carbons (Fsp3) is 0.391. The molecule has 2 amide bonds. The van der Waals surface area contributed by atoms with Crippen molar-refractivity contribution in [2.75, 3.05) is 27.3 Å². The number of ether oxygens (including phenoxy) is 2. The third-order valence-electron chi connectivity index (χ3n) is 4.39. The highest BCUT2D eigenvalue weighted by molar-refractivity contribution is 5.96. The molecule has 0 aliphatic carbocycles. The first-order valence-electron chi connectivity index (χ1n) is 9.72. The van der Waals surface area contributed by atoms with Crippen molar-refractivity contribution in [3.63, 3.8) is 0 Å². The number of likely N-dealkylation sites (N-methyl/N-ethyl adjacent to an activating group) is 1. The molecule has 0 aromatic heterocycles. The van der Waals surface area contributed by atoms with Crippen molar-refractivity contribution in [2.45, 2.75) is 26.8 Å². The van der Waals surface area contributed by atoms with Gasteiger partial charge in [-0.25, -0.2) is 0 Å². The SMILES string of the molecule is COc1cc(C(C)NC(=O)CN(C)C(=O)c2ccccc2)ccc1OCC(C)C. The van der Waals surface area contributed by atoms with Crippen molar-refractivity contribution < 1.29 is 19.1 Å². The van der Waals surface area contributed by atoms with Crippen LogP contribution >= 0.6 is 0 Å².